The summed E-state index contributed by atoms with van der Waals surface area (Å²) >= 11 is 11.8. The van der Waals surface area contributed by atoms with Gasteiger partial charge in [0.1, 0.15) is 0 Å². The molecule has 0 aliphatic carbocycles. The number of rotatable bonds is 4. The molecular weight excluding hydrogens is 307 g/mol. The molecule has 0 aromatic heterocycles. The molecule has 3 nitrogen and oxygen atoms in total. The van der Waals surface area contributed by atoms with Crippen LogP contribution in [0.4, 0.5) is 10.5 Å². The molecule has 2 aromatic carbocycles. The van der Waals surface area contributed by atoms with E-state index in [0.29, 0.717) is 22.3 Å². The van der Waals surface area contributed by atoms with E-state index in [-0.39, 0.29) is 6.03 Å². The predicted octanol–water partition coefficient (Wildman–Crippen LogP) is 4.67. The van der Waals surface area contributed by atoms with Crippen LogP contribution in [0, 0.1) is 6.92 Å². The van der Waals surface area contributed by atoms with Gasteiger partial charge in [-0.25, -0.2) is 4.79 Å². The van der Waals surface area contributed by atoms with Crippen LogP contribution >= 0.6 is 23.2 Å². The first kappa shape index (κ1) is 15.7. The van der Waals surface area contributed by atoms with Crippen molar-refractivity contribution in [3.8, 4) is 0 Å². The molecule has 2 amide bonds. The average Bonchev–Trinajstić information content (AvgIpc) is 2.43. The summed E-state index contributed by atoms with van der Waals surface area (Å²) in [6.07, 6.45) is 0.725. The molecule has 0 bridgehead atoms. The van der Waals surface area contributed by atoms with Crippen LogP contribution in [0.15, 0.2) is 42.5 Å². The summed E-state index contributed by atoms with van der Waals surface area (Å²) in [4.78, 5) is 11.8. The molecule has 0 saturated carbocycles. The molecule has 0 atom stereocenters. The van der Waals surface area contributed by atoms with Crippen LogP contribution in [0.25, 0.3) is 0 Å². The van der Waals surface area contributed by atoms with Crippen LogP contribution in [0.1, 0.15) is 11.1 Å². The Labute approximate surface area is 134 Å². The number of benzene rings is 2. The van der Waals surface area contributed by atoms with Gasteiger partial charge in [-0.1, -0.05) is 41.4 Å². The van der Waals surface area contributed by atoms with Crippen molar-refractivity contribution in [3.05, 3.63) is 63.6 Å². The third-order valence-corrected chi connectivity index (χ3v) is 3.51. The number of hydrogen-bond donors (Lipinski definition) is 2. The Bertz CT molecular complexity index is 644. The summed E-state index contributed by atoms with van der Waals surface area (Å²) in [5, 5.41) is 6.89. The summed E-state index contributed by atoms with van der Waals surface area (Å²) in [5.74, 6) is 0. The van der Waals surface area contributed by atoms with Crippen LogP contribution < -0.4 is 10.6 Å². The number of aryl methyl sites for hydroxylation is 1. The minimum absolute atomic E-state index is 0.248. The Morgan fingerprint density at radius 1 is 1.10 bits per heavy atom. The van der Waals surface area contributed by atoms with Gasteiger partial charge in [0.15, 0.2) is 0 Å². The summed E-state index contributed by atoms with van der Waals surface area (Å²) in [6.45, 7) is 2.45. The van der Waals surface area contributed by atoms with E-state index in [1.165, 1.54) is 0 Å². The number of amides is 2. The highest BCUT2D eigenvalue weighted by atomic mass is 35.5. The molecule has 0 aliphatic rings. The fourth-order valence-corrected chi connectivity index (χ4v) is 2.29. The minimum atomic E-state index is -0.248. The number of halogens is 2. The van der Waals surface area contributed by atoms with Crippen LogP contribution in [-0.2, 0) is 6.42 Å². The smallest absolute Gasteiger partial charge is 0.319 e. The molecule has 2 rings (SSSR count). The number of carbonyl (C=O) groups excluding carboxylic acids is 1. The zero-order valence-electron chi connectivity index (χ0n) is 11.6. The van der Waals surface area contributed by atoms with Crippen molar-refractivity contribution in [2.24, 2.45) is 0 Å². The van der Waals surface area contributed by atoms with Crippen molar-refractivity contribution in [2.75, 3.05) is 11.9 Å². The van der Waals surface area contributed by atoms with E-state index < -0.39 is 0 Å². The number of carbonyl (C=O) groups is 1. The predicted molar refractivity (Wildman–Crippen MR) is 88.4 cm³/mol. The standard InChI is InChI=1S/C16H16Cl2N2O/c1-11-5-6-14(18)10-15(11)20-16(21)19-8-7-12-3-2-4-13(17)9-12/h2-6,9-10H,7-8H2,1H3,(H2,19,20,21). The van der Waals surface area contributed by atoms with Crippen LogP contribution in [-0.4, -0.2) is 12.6 Å². The molecule has 2 N–H and O–H groups in total. The Hall–Kier alpha value is -1.71. The third kappa shape index (κ3) is 4.96. The van der Waals surface area contributed by atoms with Gasteiger partial charge in [0.05, 0.1) is 0 Å². The Morgan fingerprint density at radius 2 is 1.86 bits per heavy atom. The topological polar surface area (TPSA) is 41.1 Å². The van der Waals surface area contributed by atoms with E-state index in [0.717, 1.165) is 17.5 Å². The first-order valence-electron chi connectivity index (χ1n) is 6.60. The second kappa shape index (κ2) is 7.34. The molecule has 0 unspecified atom stereocenters. The molecule has 0 fully saturated rings. The summed E-state index contributed by atoms with van der Waals surface area (Å²) in [5.41, 5.74) is 2.76. The SMILES string of the molecule is Cc1ccc(Cl)cc1NC(=O)NCCc1cccc(Cl)c1. The lowest BCUT2D eigenvalue weighted by atomic mass is 10.1. The molecule has 5 heteroatoms. The first-order valence-corrected chi connectivity index (χ1v) is 7.35. The van der Waals surface area contributed by atoms with E-state index in [1.807, 2.05) is 37.3 Å². The van der Waals surface area contributed by atoms with Gasteiger partial charge in [0.2, 0.25) is 0 Å². The molecule has 2 aromatic rings. The van der Waals surface area contributed by atoms with E-state index in [1.54, 1.807) is 12.1 Å². The monoisotopic (exact) mass is 322 g/mol. The van der Waals surface area contributed by atoms with Gasteiger partial charge in [0, 0.05) is 22.3 Å². The molecular formula is C16H16Cl2N2O. The highest BCUT2D eigenvalue weighted by Crippen LogP contribution is 2.19. The van der Waals surface area contributed by atoms with Crippen molar-refractivity contribution in [3.63, 3.8) is 0 Å². The van der Waals surface area contributed by atoms with Gasteiger partial charge in [0.25, 0.3) is 0 Å². The first-order chi connectivity index (χ1) is 10.0. The summed E-state index contributed by atoms with van der Waals surface area (Å²) in [6, 6.07) is 12.7. The van der Waals surface area contributed by atoms with Crippen molar-refractivity contribution >= 4 is 34.9 Å². The number of hydrogen-bond acceptors (Lipinski definition) is 1. The maximum atomic E-state index is 11.8. The molecule has 21 heavy (non-hydrogen) atoms. The van der Waals surface area contributed by atoms with Gasteiger partial charge < -0.3 is 10.6 Å². The maximum absolute atomic E-state index is 11.8. The lowest BCUT2D eigenvalue weighted by Gasteiger charge is -2.10. The molecule has 0 saturated heterocycles. The van der Waals surface area contributed by atoms with E-state index in [9.17, 15) is 4.79 Å². The van der Waals surface area contributed by atoms with Gasteiger partial charge in [-0.2, -0.15) is 0 Å². The van der Waals surface area contributed by atoms with Crippen LogP contribution in [0.5, 0.6) is 0 Å². The molecule has 0 spiro atoms. The Kier molecular flexibility index (Phi) is 5.48. The minimum Gasteiger partial charge on any atom is -0.338 e. The fraction of sp³-hybridized carbons (Fsp3) is 0.188. The second-order valence-corrected chi connectivity index (χ2v) is 5.59. The highest BCUT2D eigenvalue weighted by Gasteiger charge is 2.04. The Balaban J connectivity index is 1.84. The third-order valence-electron chi connectivity index (χ3n) is 3.04. The van der Waals surface area contributed by atoms with Crippen molar-refractivity contribution in [1.82, 2.24) is 5.32 Å². The zero-order chi connectivity index (χ0) is 15.2. The lowest BCUT2D eigenvalue weighted by molar-refractivity contribution is 0.252. The Morgan fingerprint density at radius 3 is 2.62 bits per heavy atom. The van der Waals surface area contributed by atoms with E-state index in [2.05, 4.69) is 10.6 Å². The van der Waals surface area contributed by atoms with Crippen molar-refractivity contribution in [1.29, 1.82) is 0 Å². The lowest BCUT2D eigenvalue weighted by Crippen LogP contribution is -2.30. The quantitative estimate of drug-likeness (QED) is 0.844. The molecule has 0 radical (unpaired) electrons. The number of urea groups is 1. The van der Waals surface area contributed by atoms with Gasteiger partial charge in [-0.3, -0.25) is 0 Å². The summed E-state index contributed by atoms with van der Waals surface area (Å²) < 4.78 is 0. The largest absolute Gasteiger partial charge is 0.338 e. The van der Waals surface area contributed by atoms with E-state index >= 15 is 0 Å². The van der Waals surface area contributed by atoms with E-state index in [4.69, 9.17) is 23.2 Å². The highest BCUT2D eigenvalue weighted by molar-refractivity contribution is 6.31. The fourth-order valence-electron chi connectivity index (χ4n) is 1.91. The average molecular weight is 323 g/mol. The van der Waals surface area contributed by atoms with Crippen molar-refractivity contribution in [2.45, 2.75) is 13.3 Å². The van der Waals surface area contributed by atoms with Gasteiger partial charge in [-0.15, -0.1) is 0 Å². The number of anilines is 1. The zero-order valence-corrected chi connectivity index (χ0v) is 13.1. The van der Waals surface area contributed by atoms with Gasteiger partial charge in [-0.05, 0) is 48.7 Å². The maximum Gasteiger partial charge on any atom is 0.319 e. The summed E-state index contributed by atoms with van der Waals surface area (Å²) in [7, 11) is 0. The molecule has 0 heterocycles. The van der Waals surface area contributed by atoms with Gasteiger partial charge >= 0.3 is 6.03 Å². The second-order valence-electron chi connectivity index (χ2n) is 4.72. The molecule has 110 valence electrons. The number of nitrogens with one attached hydrogen (secondary N) is 2. The normalized spacial score (nSPS) is 10.2. The van der Waals surface area contributed by atoms with Crippen LogP contribution in [0.3, 0.4) is 0 Å². The van der Waals surface area contributed by atoms with Crippen LogP contribution in [0.2, 0.25) is 10.0 Å². The van der Waals surface area contributed by atoms with Crippen molar-refractivity contribution < 1.29 is 4.79 Å². The molecule has 0 aliphatic heterocycles.